The van der Waals surface area contributed by atoms with E-state index in [-0.39, 0.29) is 18.3 Å². The number of nitrogens with one attached hydrogen (secondary N) is 2. The summed E-state index contributed by atoms with van der Waals surface area (Å²) in [5.74, 6) is 0.385. The Labute approximate surface area is 139 Å². The number of para-hydroxylation sites is 2. The number of fused-ring (bicyclic) bond motifs is 1. The molecule has 10 heteroatoms. The first-order chi connectivity index (χ1) is 11.2. The van der Waals surface area contributed by atoms with Crippen molar-refractivity contribution in [3.05, 3.63) is 29.8 Å². The van der Waals surface area contributed by atoms with Gasteiger partial charge in [0.1, 0.15) is 12.1 Å². The van der Waals surface area contributed by atoms with Crippen LogP contribution in [-0.4, -0.2) is 40.5 Å². The van der Waals surface area contributed by atoms with Gasteiger partial charge in [0, 0.05) is 0 Å². The lowest BCUT2D eigenvalue weighted by molar-refractivity contribution is -0.134. The van der Waals surface area contributed by atoms with E-state index in [9.17, 15) is 9.59 Å². The van der Waals surface area contributed by atoms with Crippen molar-refractivity contribution in [1.29, 1.82) is 0 Å². The van der Waals surface area contributed by atoms with E-state index >= 15 is 0 Å². The van der Waals surface area contributed by atoms with Crippen LogP contribution in [0.5, 0.6) is 11.5 Å². The molecule has 0 fully saturated rings. The molecule has 2 amide bonds. The first kappa shape index (κ1) is 15.6. The highest BCUT2D eigenvalue weighted by atomic mass is 32.2. The van der Waals surface area contributed by atoms with Gasteiger partial charge in [-0.2, -0.15) is 0 Å². The van der Waals surface area contributed by atoms with Crippen LogP contribution in [0.15, 0.2) is 34.1 Å². The van der Waals surface area contributed by atoms with Gasteiger partial charge in [-0.25, -0.2) is 0 Å². The molecule has 1 aromatic carbocycles. The van der Waals surface area contributed by atoms with Gasteiger partial charge in [-0.15, -0.1) is 10.2 Å². The van der Waals surface area contributed by atoms with Gasteiger partial charge in [0.05, 0.1) is 5.75 Å². The third-order valence-electron chi connectivity index (χ3n) is 2.79. The average molecular weight is 352 g/mol. The number of hydrogen-bond donors (Lipinski definition) is 2. The molecule has 0 unspecified atom stereocenters. The number of ether oxygens (including phenoxy) is 2. The molecule has 1 atom stereocenters. The van der Waals surface area contributed by atoms with E-state index in [2.05, 4.69) is 21.0 Å². The lowest BCUT2D eigenvalue weighted by atomic mass is 10.2. The first-order valence-electron chi connectivity index (χ1n) is 6.58. The Morgan fingerprint density at radius 1 is 1.30 bits per heavy atom. The molecular weight excluding hydrogens is 340 g/mol. The zero-order chi connectivity index (χ0) is 16.1. The molecule has 0 saturated heterocycles. The fourth-order valence-electron chi connectivity index (χ4n) is 1.75. The predicted molar refractivity (Wildman–Crippen MR) is 83.3 cm³/mol. The minimum Gasteiger partial charge on any atom is -0.485 e. The summed E-state index contributed by atoms with van der Waals surface area (Å²) < 4.78 is 11.7. The van der Waals surface area contributed by atoms with Crippen molar-refractivity contribution in [3.8, 4) is 11.5 Å². The summed E-state index contributed by atoms with van der Waals surface area (Å²) in [5.41, 5.74) is 6.23. The van der Waals surface area contributed by atoms with E-state index in [1.54, 1.807) is 23.7 Å². The highest BCUT2D eigenvalue weighted by molar-refractivity contribution is 8.01. The molecule has 120 valence electrons. The van der Waals surface area contributed by atoms with Crippen LogP contribution in [0.4, 0.5) is 0 Å². The number of hydrogen-bond acceptors (Lipinski definition) is 8. The zero-order valence-electron chi connectivity index (χ0n) is 11.7. The number of carbonyl (C=O) groups is 2. The second kappa shape index (κ2) is 7.29. The van der Waals surface area contributed by atoms with Crippen LogP contribution in [0.2, 0.25) is 0 Å². The summed E-state index contributed by atoms with van der Waals surface area (Å²) >= 11 is 2.58. The molecular formula is C13H12N4O4S2. The topological polar surface area (TPSA) is 102 Å². The molecule has 2 aromatic rings. The Kier molecular flexibility index (Phi) is 4.93. The second-order valence-corrected chi connectivity index (χ2v) is 6.45. The third-order valence-corrected chi connectivity index (χ3v) is 4.65. The molecule has 0 bridgehead atoms. The van der Waals surface area contributed by atoms with Gasteiger partial charge >= 0.3 is 0 Å². The number of benzene rings is 1. The molecule has 23 heavy (non-hydrogen) atoms. The summed E-state index contributed by atoms with van der Waals surface area (Å²) in [5, 5.41) is 7.48. The number of carbonyl (C=O) groups excluding carboxylic acids is 2. The monoisotopic (exact) mass is 352 g/mol. The largest absolute Gasteiger partial charge is 0.485 e. The van der Waals surface area contributed by atoms with Gasteiger partial charge in [-0.1, -0.05) is 35.2 Å². The van der Waals surface area contributed by atoms with Gasteiger partial charge in [-0.05, 0) is 12.1 Å². The maximum absolute atomic E-state index is 12.0. The lowest BCUT2D eigenvalue weighted by Crippen LogP contribution is -2.51. The van der Waals surface area contributed by atoms with Crippen LogP contribution >= 0.6 is 23.1 Å². The van der Waals surface area contributed by atoms with Crippen molar-refractivity contribution in [2.45, 2.75) is 10.4 Å². The van der Waals surface area contributed by atoms with Crippen molar-refractivity contribution in [3.63, 3.8) is 0 Å². The van der Waals surface area contributed by atoms with Crippen molar-refractivity contribution in [1.82, 2.24) is 21.0 Å². The van der Waals surface area contributed by atoms with E-state index in [4.69, 9.17) is 9.47 Å². The van der Waals surface area contributed by atoms with E-state index in [0.717, 1.165) is 0 Å². The van der Waals surface area contributed by atoms with Crippen LogP contribution < -0.4 is 20.3 Å². The SMILES string of the molecule is O=C(CSc1nncs1)NNC(=O)[C@H]1COc2ccccc2O1. The van der Waals surface area contributed by atoms with Crippen LogP contribution in [-0.2, 0) is 9.59 Å². The second-order valence-electron chi connectivity index (χ2n) is 4.39. The number of nitrogens with zero attached hydrogens (tertiary/aromatic N) is 2. The minimum atomic E-state index is -0.819. The number of amides is 2. The quantitative estimate of drug-likeness (QED) is 0.614. The van der Waals surface area contributed by atoms with Crippen molar-refractivity contribution < 1.29 is 19.1 Å². The molecule has 3 rings (SSSR count). The van der Waals surface area contributed by atoms with Gasteiger partial charge in [0.15, 0.2) is 15.8 Å². The lowest BCUT2D eigenvalue weighted by Gasteiger charge is -2.25. The molecule has 2 N–H and O–H groups in total. The fourth-order valence-corrected chi connectivity index (χ4v) is 3.04. The van der Waals surface area contributed by atoms with E-state index in [1.165, 1.54) is 23.1 Å². The zero-order valence-corrected chi connectivity index (χ0v) is 13.4. The van der Waals surface area contributed by atoms with Gasteiger partial charge in [-0.3, -0.25) is 20.4 Å². The molecule has 1 aromatic heterocycles. The summed E-state index contributed by atoms with van der Waals surface area (Å²) in [6.07, 6.45) is -0.819. The summed E-state index contributed by atoms with van der Waals surface area (Å²) in [6.45, 7) is 0.0816. The standard InChI is InChI=1S/C13H12N4O4S2/c18-11(6-22-13-17-14-7-23-13)15-16-12(19)10-5-20-8-3-1-2-4-9(8)21-10/h1-4,7,10H,5-6H2,(H,15,18)(H,16,19)/t10-/m1/s1. The predicted octanol–water partition coefficient (Wildman–Crippen LogP) is 0.618. The van der Waals surface area contributed by atoms with E-state index < -0.39 is 12.0 Å². The fraction of sp³-hybridized carbons (Fsp3) is 0.231. The molecule has 0 spiro atoms. The highest BCUT2D eigenvalue weighted by Gasteiger charge is 2.27. The van der Waals surface area contributed by atoms with Crippen LogP contribution in [0.1, 0.15) is 0 Å². The molecule has 1 aliphatic heterocycles. The smallest absolute Gasteiger partial charge is 0.283 e. The Hall–Kier alpha value is -2.33. The number of hydrazine groups is 1. The highest BCUT2D eigenvalue weighted by Crippen LogP contribution is 2.30. The van der Waals surface area contributed by atoms with Crippen LogP contribution in [0.25, 0.3) is 0 Å². The van der Waals surface area contributed by atoms with Gasteiger partial charge < -0.3 is 9.47 Å². The average Bonchev–Trinajstić information content (AvgIpc) is 3.11. The molecule has 0 radical (unpaired) electrons. The Morgan fingerprint density at radius 3 is 2.91 bits per heavy atom. The third kappa shape index (κ3) is 4.11. The van der Waals surface area contributed by atoms with E-state index in [0.29, 0.717) is 15.8 Å². The van der Waals surface area contributed by atoms with E-state index in [1.807, 2.05) is 6.07 Å². The molecule has 0 saturated carbocycles. The Morgan fingerprint density at radius 2 is 2.13 bits per heavy atom. The summed E-state index contributed by atoms with van der Waals surface area (Å²) in [6, 6.07) is 7.08. The molecule has 2 heterocycles. The minimum absolute atomic E-state index is 0.0816. The Bertz CT molecular complexity index is 695. The maximum atomic E-state index is 12.0. The first-order valence-corrected chi connectivity index (χ1v) is 8.45. The van der Waals surface area contributed by atoms with Crippen LogP contribution in [0.3, 0.4) is 0 Å². The van der Waals surface area contributed by atoms with Crippen LogP contribution in [0, 0.1) is 0 Å². The normalized spacial score (nSPS) is 15.7. The maximum Gasteiger partial charge on any atom is 0.283 e. The number of thioether (sulfide) groups is 1. The van der Waals surface area contributed by atoms with Crippen molar-refractivity contribution in [2.75, 3.05) is 12.4 Å². The van der Waals surface area contributed by atoms with Crippen molar-refractivity contribution >= 4 is 34.9 Å². The molecule has 8 nitrogen and oxygen atoms in total. The summed E-state index contributed by atoms with van der Waals surface area (Å²) in [7, 11) is 0. The number of aromatic nitrogens is 2. The Balaban J connectivity index is 1.44. The summed E-state index contributed by atoms with van der Waals surface area (Å²) in [4.78, 5) is 23.6. The number of rotatable bonds is 4. The van der Waals surface area contributed by atoms with Gasteiger partial charge in [0.25, 0.3) is 5.91 Å². The van der Waals surface area contributed by atoms with Gasteiger partial charge in [0.2, 0.25) is 12.0 Å². The molecule has 1 aliphatic rings. The van der Waals surface area contributed by atoms with Crippen molar-refractivity contribution in [2.24, 2.45) is 0 Å². The molecule has 0 aliphatic carbocycles.